The van der Waals surface area contributed by atoms with E-state index in [1.165, 1.54) is 0 Å². The Labute approximate surface area is 74.0 Å². The predicted molar refractivity (Wildman–Crippen MR) is 48.7 cm³/mol. The van der Waals surface area contributed by atoms with Gasteiger partial charge in [-0.15, -0.1) is 0 Å². The van der Waals surface area contributed by atoms with Crippen LogP contribution in [0, 0.1) is 23.7 Å². The van der Waals surface area contributed by atoms with E-state index < -0.39 is 0 Å². The number of hydrogen-bond acceptors (Lipinski definition) is 0. The summed E-state index contributed by atoms with van der Waals surface area (Å²) in [5.41, 5.74) is 4.00. The Bertz CT molecular complexity index is 222. The van der Waals surface area contributed by atoms with Crippen LogP contribution in [0.5, 0.6) is 0 Å². The molecule has 4 atom stereocenters. The molecule has 4 aliphatic carbocycles. The third-order valence-corrected chi connectivity index (χ3v) is 4.96. The largest absolute Gasteiger partial charge is 0.0642 e. The molecular formula is C12H16. The van der Waals surface area contributed by atoms with Crippen molar-refractivity contribution in [3.8, 4) is 0 Å². The first-order chi connectivity index (χ1) is 5.93. The van der Waals surface area contributed by atoms with Crippen molar-refractivity contribution < 1.29 is 0 Å². The van der Waals surface area contributed by atoms with Gasteiger partial charge in [0.05, 0.1) is 0 Å². The molecule has 0 N–H and O–H groups in total. The van der Waals surface area contributed by atoms with Gasteiger partial charge in [-0.05, 0) is 62.2 Å². The average molecular weight is 160 g/mol. The summed E-state index contributed by atoms with van der Waals surface area (Å²) < 4.78 is 0. The molecule has 2 fully saturated rings. The second-order valence-corrected chi connectivity index (χ2v) is 5.32. The number of fused-ring (bicyclic) bond motifs is 8. The molecule has 4 bridgehead atoms. The van der Waals surface area contributed by atoms with Gasteiger partial charge in [-0.3, -0.25) is 0 Å². The molecule has 0 aromatic carbocycles. The lowest BCUT2D eigenvalue weighted by Gasteiger charge is -2.23. The van der Waals surface area contributed by atoms with Crippen LogP contribution in [0.4, 0.5) is 0 Å². The fourth-order valence-electron chi connectivity index (χ4n) is 4.70. The van der Waals surface area contributed by atoms with Crippen LogP contribution in [-0.2, 0) is 0 Å². The second-order valence-electron chi connectivity index (χ2n) is 5.32. The van der Waals surface area contributed by atoms with Crippen LogP contribution < -0.4 is 0 Å². The molecule has 4 aliphatic rings. The Morgan fingerprint density at radius 1 is 0.583 bits per heavy atom. The van der Waals surface area contributed by atoms with Gasteiger partial charge < -0.3 is 0 Å². The van der Waals surface area contributed by atoms with Crippen molar-refractivity contribution in [2.75, 3.05) is 0 Å². The molecule has 0 nitrogen and oxygen atoms in total. The van der Waals surface area contributed by atoms with E-state index in [1.54, 1.807) is 38.5 Å². The standard InChI is InChI=1S/C12H16/c1-2-8-5-7(1)11-9-3-4-10(6-9)12(8)11/h7-10H,1-6H2/t7-,8+,9-,10+. The zero-order valence-electron chi connectivity index (χ0n) is 7.55. The van der Waals surface area contributed by atoms with Gasteiger partial charge in [0.15, 0.2) is 0 Å². The van der Waals surface area contributed by atoms with Gasteiger partial charge >= 0.3 is 0 Å². The fraction of sp³-hybridized carbons (Fsp3) is 0.833. The molecule has 64 valence electrons. The molecule has 0 aromatic rings. The van der Waals surface area contributed by atoms with Crippen LogP contribution in [0.3, 0.4) is 0 Å². The Morgan fingerprint density at radius 2 is 0.917 bits per heavy atom. The predicted octanol–water partition coefficient (Wildman–Crippen LogP) is 3.14. The summed E-state index contributed by atoms with van der Waals surface area (Å²) in [5.74, 6) is 4.33. The van der Waals surface area contributed by atoms with Gasteiger partial charge in [0.25, 0.3) is 0 Å². The van der Waals surface area contributed by atoms with Crippen LogP contribution in [0.25, 0.3) is 0 Å². The van der Waals surface area contributed by atoms with Crippen molar-refractivity contribution in [3.63, 3.8) is 0 Å². The first-order valence-corrected chi connectivity index (χ1v) is 5.67. The monoisotopic (exact) mass is 160 g/mol. The number of rotatable bonds is 0. The van der Waals surface area contributed by atoms with E-state index in [2.05, 4.69) is 0 Å². The highest BCUT2D eigenvalue weighted by Crippen LogP contribution is 2.63. The van der Waals surface area contributed by atoms with E-state index >= 15 is 0 Å². The number of hydrogen-bond donors (Lipinski definition) is 0. The van der Waals surface area contributed by atoms with Crippen molar-refractivity contribution in [1.29, 1.82) is 0 Å². The maximum Gasteiger partial charge on any atom is -0.0192 e. The lowest BCUT2D eigenvalue weighted by molar-refractivity contribution is 0.530. The van der Waals surface area contributed by atoms with Gasteiger partial charge in [-0.1, -0.05) is 11.1 Å². The van der Waals surface area contributed by atoms with Crippen LogP contribution >= 0.6 is 0 Å². The molecule has 0 amide bonds. The maximum absolute atomic E-state index is 2.00. The Kier molecular flexibility index (Phi) is 0.939. The maximum atomic E-state index is 2.00. The zero-order chi connectivity index (χ0) is 7.71. The van der Waals surface area contributed by atoms with Gasteiger partial charge in [-0.2, -0.15) is 0 Å². The summed E-state index contributed by atoms with van der Waals surface area (Å²) in [7, 11) is 0. The summed E-state index contributed by atoms with van der Waals surface area (Å²) >= 11 is 0. The molecule has 0 saturated heterocycles. The van der Waals surface area contributed by atoms with E-state index in [0.717, 1.165) is 23.7 Å². The third-order valence-electron chi connectivity index (χ3n) is 4.96. The average Bonchev–Trinajstić information content (AvgIpc) is 2.83. The minimum Gasteiger partial charge on any atom is -0.0642 e. The minimum atomic E-state index is 1.08. The summed E-state index contributed by atoms with van der Waals surface area (Å²) in [6.07, 6.45) is 9.33. The summed E-state index contributed by atoms with van der Waals surface area (Å²) in [6.45, 7) is 0. The first kappa shape index (κ1) is 6.23. The molecule has 0 spiro atoms. The number of allylic oxidation sites excluding steroid dienone is 2. The van der Waals surface area contributed by atoms with Crippen LogP contribution in [0.2, 0.25) is 0 Å². The molecular weight excluding hydrogens is 144 g/mol. The fourth-order valence-corrected chi connectivity index (χ4v) is 4.70. The lowest BCUT2D eigenvalue weighted by atomic mass is 9.82. The van der Waals surface area contributed by atoms with E-state index in [-0.39, 0.29) is 0 Å². The van der Waals surface area contributed by atoms with Crippen LogP contribution in [-0.4, -0.2) is 0 Å². The van der Waals surface area contributed by atoms with Crippen LogP contribution in [0.15, 0.2) is 11.1 Å². The van der Waals surface area contributed by atoms with Crippen molar-refractivity contribution in [2.24, 2.45) is 23.7 Å². The molecule has 0 heterocycles. The van der Waals surface area contributed by atoms with Crippen molar-refractivity contribution in [2.45, 2.75) is 38.5 Å². The highest BCUT2D eigenvalue weighted by Gasteiger charge is 2.50. The smallest absolute Gasteiger partial charge is 0.0192 e. The van der Waals surface area contributed by atoms with Crippen molar-refractivity contribution in [1.82, 2.24) is 0 Å². The summed E-state index contributed by atoms with van der Waals surface area (Å²) in [6, 6.07) is 0. The topological polar surface area (TPSA) is 0 Å². The molecule has 12 heavy (non-hydrogen) atoms. The molecule has 0 heteroatoms. The third kappa shape index (κ3) is 0.522. The van der Waals surface area contributed by atoms with Crippen molar-refractivity contribution >= 4 is 0 Å². The highest BCUT2D eigenvalue weighted by molar-refractivity contribution is 5.39. The van der Waals surface area contributed by atoms with E-state index in [1.807, 2.05) is 11.1 Å². The molecule has 0 aromatic heterocycles. The van der Waals surface area contributed by atoms with Gasteiger partial charge in [0, 0.05) is 0 Å². The van der Waals surface area contributed by atoms with Gasteiger partial charge in [0.1, 0.15) is 0 Å². The van der Waals surface area contributed by atoms with Gasteiger partial charge in [0.2, 0.25) is 0 Å². The molecule has 0 unspecified atom stereocenters. The second kappa shape index (κ2) is 1.81. The van der Waals surface area contributed by atoms with Crippen LogP contribution in [0.1, 0.15) is 38.5 Å². The molecule has 4 rings (SSSR count). The normalized spacial score (nSPS) is 54.0. The lowest BCUT2D eigenvalue weighted by Crippen LogP contribution is -2.10. The van der Waals surface area contributed by atoms with E-state index in [0.29, 0.717) is 0 Å². The molecule has 0 radical (unpaired) electrons. The molecule has 0 aliphatic heterocycles. The SMILES string of the molecule is C1C[C@H]2C[C@@H]1C1=C2[C@H]2CC[C@@H]1C2. The summed E-state index contributed by atoms with van der Waals surface area (Å²) in [5, 5.41) is 0. The van der Waals surface area contributed by atoms with Crippen molar-refractivity contribution in [3.05, 3.63) is 11.1 Å². The molecule has 2 saturated carbocycles. The minimum absolute atomic E-state index is 1.08. The Morgan fingerprint density at radius 3 is 1.25 bits per heavy atom. The zero-order valence-corrected chi connectivity index (χ0v) is 7.55. The Balaban J connectivity index is 1.90. The van der Waals surface area contributed by atoms with E-state index in [9.17, 15) is 0 Å². The highest BCUT2D eigenvalue weighted by atomic mass is 14.6. The quantitative estimate of drug-likeness (QED) is 0.377. The summed E-state index contributed by atoms with van der Waals surface area (Å²) in [4.78, 5) is 0. The Hall–Kier alpha value is -0.260. The van der Waals surface area contributed by atoms with Gasteiger partial charge in [-0.25, -0.2) is 0 Å². The van der Waals surface area contributed by atoms with E-state index in [4.69, 9.17) is 0 Å². The first-order valence-electron chi connectivity index (χ1n) is 5.67.